The van der Waals surface area contributed by atoms with Crippen molar-refractivity contribution in [3.8, 4) is 12.3 Å². The standard InChI is InChI=1S/C28H37N4O13PS2/c1-6-11-40-18-13-47-48-14-19(18)44-46(37,45-23-16(3)42-26(24(23)39-5)32-10-8-21(34)30-28(32)36)41-12-17-15(2)22(38-4)25(43-17)31-9-7-20(33)29-27(31)35/h1,7-10,15-19,22-26H,11-14H2,2-5H3,(H,29,33,35)(H,30,34,36)/t15?,16-,17-,18-,19?,22+,23?,24+,25-,26-,46?/m1/s1/i3D. The number of H-pyrrole nitrogens is 2. The van der Waals surface area contributed by atoms with Gasteiger partial charge < -0.3 is 23.7 Å². The maximum Gasteiger partial charge on any atom is 0.475 e. The van der Waals surface area contributed by atoms with Crippen molar-refractivity contribution < 1.29 is 43.2 Å². The van der Waals surface area contributed by atoms with Crippen LogP contribution in [0.4, 0.5) is 0 Å². The first-order chi connectivity index (χ1) is 23.5. The third kappa shape index (κ3) is 8.11. The molecule has 2 N–H and O–H groups in total. The van der Waals surface area contributed by atoms with Gasteiger partial charge in [0.15, 0.2) is 12.5 Å². The Morgan fingerprint density at radius 1 is 0.958 bits per heavy atom. The molecular weight excluding hydrogens is 695 g/mol. The molecule has 264 valence electrons. The number of rotatable bonds is 13. The first kappa shape index (κ1) is 35.4. The number of aromatic nitrogens is 4. The monoisotopic (exact) mass is 733 g/mol. The Balaban J connectivity index is 1.43. The maximum absolute atomic E-state index is 14.7. The van der Waals surface area contributed by atoms with Crippen LogP contribution in [-0.2, 0) is 41.8 Å². The molecular formula is C28H37N4O13PS2. The Hall–Kier alpha value is -2.47. The van der Waals surface area contributed by atoms with Crippen LogP contribution in [0.5, 0.6) is 0 Å². The van der Waals surface area contributed by atoms with Crippen LogP contribution in [0.15, 0.2) is 43.7 Å². The molecule has 5 heterocycles. The minimum atomic E-state index is -4.64. The first-order valence-corrected chi connectivity index (χ1v) is 18.7. The SMILES string of the molecule is [2H]C[C@H]1O[C@@H](n2ccc(=O)[nH]c2=O)[C@@H](OC)C1OP(=O)(OC[C@H]1O[C@@H](n2ccc(=O)[nH]c2=O)[C@@H](OC)C1C)OC1CSSC[C@H]1OCC#C. The molecule has 5 rings (SSSR count). The molecule has 0 spiro atoms. The molecule has 17 nitrogen and oxygen atoms in total. The van der Waals surface area contributed by atoms with E-state index < -0.39 is 98.3 Å². The zero-order valence-electron chi connectivity index (χ0n) is 27.2. The second-order valence-electron chi connectivity index (χ2n) is 11.0. The molecule has 3 saturated heterocycles. The van der Waals surface area contributed by atoms with Gasteiger partial charge in [0, 0.05) is 57.5 Å². The summed E-state index contributed by atoms with van der Waals surface area (Å²) in [6.45, 7) is 1.02. The molecule has 3 aliphatic heterocycles. The van der Waals surface area contributed by atoms with Crippen LogP contribution in [0.2, 0.25) is 0 Å². The van der Waals surface area contributed by atoms with E-state index in [0.717, 1.165) is 10.6 Å². The Labute approximate surface area is 283 Å². The zero-order chi connectivity index (χ0) is 35.3. The smallest absolute Gasteiger partial charge is 0.376 e. The Morgan fingerprint density at radius 3 is 2.12 bits per heavy atom. The van der Waals surface area contributed by atoms with Gasteiger partial charge in [-0.25, -0.2) is 14.2 Å². The molecule has 2 aromatic rings. The molecule has 0 aliphatic carbocycles. The summed E-state index contributed by atoms with van der Waals surface area (Å²) in [4.78, 5) is 52.9. The normalized spacial score (nSPS) is 33.6. The van der Waals surface area contributed by atoms with Crippen LogP contribution < -0.4 is 22.5 Å². The van der Waals surface area contributed by atoms with Crippen molar-refractivity contribution >= 4 is 29.4 Å². The number of ether oxygens (including phenoxy) is 5. The van der Waals surface area contributed by atoms with Crippen LogP contribution >= 0.6 is 29.4 Å². The van der Waals surface area contributed by atoms with E-state index in [9.17, 15) is 23.7 Å². The van der Waals surface area contributed by atoms with Gasteiger partial charge in [0.25, 0.3) is 11.1 Å². The minimum absolute atomic E-state index is 0.0160. The van der Waals surface area contributed by atoms with Crippen molar-refractivity contribution in [2.75, 3.05) is 38.9 Å². The molecule has 11 atom stereocenters. The van der Waals surface area contributed by atoms with E-state index in [0.29, 0.717) is 11.5 Å². The Kier molecular flexibility index (Phi) is 11.8. The summed E-state index contributed by atoms with van der Waals surface area (Å²) in [5, 5.41) is 0. The van der Waals surface area contributed by atoms with E-state index in [1.165, 1.54) is 58.8 Å². The molecule has 0 saturated carbocycles. The predicted molar refractivity (Wildman–Crippen MR) is 174 cm³/mol. The van der Waals surface area contributed by atoms with E-state index in [4.69, 9.17) is 45.0 Å². The third-order valence-electron chi connectivity index (χ3n) is 8.04. The summed E-state index contributed by atoms with van der Waals surface area (Å²) in [6.07, 6.45) is -0.518. The third-order valence-corrected chi connectivity index (χ3v) is 11.9. The molecule has 0 radical (unpaired) electrons. The quantitative estimate of drug-likeness (QED) is 0.167. The fourth-order valence-corrected chi connectivity index (χ4v) is 9.72. The van der Waals surface area contributed by atoms with Gasteiger partial charge in [-0.15, -0.1) is 6.42 Å². The summed E-state index contributed by atoms with van der Waals surface area (Å²) >= 11 is 0. The van der Waals surface area contributed by atoms with Crippen molar-refractivity contribution in [2.24, 2.45) is 5.92 Å². The van der Waals surface area contributed by atoms with Gasteiger partial charge >= 0.3 is 19.2 Å². The van der Waals surface area contributed by atoms with Crippen LogP contribution in [0, 0.1) is 18.3 Å². The van der Waals surface area contributed by atoms with Gasteiger partial charge in [-0.1, -0.05) is 34.4 Å². The van der Waals surface area contributed by atoms with Crippen molar-refractivity contribution in [2.45, 2.75) is 69.0 Å². The number of hydrogen-bond donors (Lipinski definition) is 2. The lowest BCUT2D eigenvalue weighted by Crippen LogP contribution is -2.41. The van der Waals surface area contributed by atoms with Gasteiger partial charge in [0.1, 0.15) is 31.0 Å². The maximum atomic E-state index is 14.7. The fourth-order valence-electron chi connectivity index (χ4n) is 5.58. The van der Waals surface area contributed by atoms with Gasteiger partial charge in [-0.2, -0.15) is 0 Å². The molecule has 48 heavy (non-hydrogen) atoms. The van der Waals surface area contributed by atoms with Crippen molar-refractivity contribution in [3.05, 3.63) is 66.2 Å². The lowest BCUT2D eigenvalue weighted by Gasteiger charge is -2.34. The number of phosphoric acid groups is 1. The lowest BCUT2D eigenvalue weighted by molar-refractivity contribution is -0.0726. The van der Waals surface area contributed by atoms with E-state index in [-0.39, 0.29) is 13.2 Å². The highest BCUT2D eigenvalue weighted by Crippen LogP contribution is 2.56. The van der Waals surface area contributed by atoms with Crippen molar-refractivity contribution in [1.29, 1.82) is 0 Å². The Bertz CT molecular complexity index is 1770. The number of methoxy groups -OCH3 is 2. The number of hydrogen-bond acceptors (Lipinski definition) is 15. The van der Waals surface area contributed by atoms with E-state index in [1.54, 1.807) is 6.92 Å². The second kappa shape index (κ2) is 16.0. The summed E-state index contributed by atoms with van der Waals surface area (Å²) in [5.41, 5.74) is -2.70. The zero-order valence-corrected chi connectivity index (χ0v) is 28.7. The average molecular weight is 734 g/mol. The number of aromatic amines is 2. The van der Waals surface area contributed by atoms with Gasteiger partial charge in [0.05, 0.1) is 24.9 Å². The number of phosphoric ester groups is 1. The molecule has 2 aromatic heterocycles. The Morgan fingerprint density at radius 2 is 1.56 bits per heavy atom. The van der Waals surface area contributed by atoms with Crippen molar-refractivity contribution in [1.82, 2.24) is 19.1 Å². The molecule has 3 aliphatic rings. The molecule has 0 aromatic carbocycles. The van der Waals surface area contributed by atoms with E-state index in [2.05, 4.69) is 15.9 Å². The van der Waals surface area contributed by atoms with Crippen LogP contribution in [0.25, 0.3) is 0 Å². The summed E-state index contributed by atoms with van der Waals surface area (Å²) < 4.78 is 72.6. The highest BCUT2D eigenvalue weighted by Gasteiger charge is 2.51. The van der Waals surface area contributed by atoms with Crippen LogP contribution in [0.1, 0.15) is 27.7 Å². The second-order valence-corrected chi connectivity index (χ2v) is 15.1. The van der Waals surface area contributed by atoms with Crippen LogP contribution in [-0.4, -0.2) is 101 Å². The fraction of sp³-hybridized carbons (Fsp3) is 0.643. The number of nitrogens with one attached hydrogen (secondary N) is 2. The predicted octanol–water partition coefficient (Wildman–Crippen LogP) is 0.876. The molecule has 4 unspecified atom stereocenters. The summed E-state index contributed by atoms with van der Waals surface area (Å²) in [7, 11) is 1.12. The van der Waals surface area contributed by atoms with Gasteiger partial charge in [-0.3, -0.25) is 42.3 Å². The molecule has 20 heteroatoms. The molecule has 3 fully saturated rings. The topological polar surface area (TPSA) is 201 Å². The lowest BCUT2D eigenvalue weighted by atomic mass is 10.0. The van der Waals surface area contributed by atoms with Crippen LogP contribution in [0.3, 0.4) is 0 Å². The highest BCUT2D eigenvalue weighted by atomic mass is 33.1. The molecule has 0 bridgehead atoms. The average Bonchev–Trinajstić information content (AvgIpc) is 3.58. The summed E-state index contributed by atoms with van der Waals surface area (Å²) in [6, 6.07) is 2.30. The van der Waals surface area contributed by atoms with Crippen molar-refractivity contribution in [3.63, 3.8) is 0 Å². The largest absolute Gasteiger partial charge is 0.475 e. The number of nitrogens with zero attached hydrogens (tertiary/aromatic N) is 2. The van der Waals surface area contributed by atoms with E-state index in [1.807, 2.05) is 0 Å². The van der Waals surface area contributed by atoms with E-state index >= 15 is 0 Å². The summed E-state index contributed by atoms with van der Waals surface area (Å²) in [5.74, 6) is 2.79. The van der Waals surface area contributed by atoms with Gasteiger partial charge in [0.2, 0.25) is 0 Å². The number of terminal acetylenes is 1. The van der Waals surface area contributed by atoms with Gasteiger partial charge in [-0.05, 0) is 6.90 Å². The molecule has 0 amide bonds. The minimum Gasteiger partial charge on any atom is -0.376 e. The highest BCUT2D eigenvalue weighted by molar-refractivity contribution is 8.76. The first-order valence-electron chi connectivity index (χ1n) is 15.4.